The van der Waals surface area contributed by atoms with Crippen LogP contribution in [-0.2, 0) is 19.6 Å². The summed E-state index contributed by atoms with van der Waals surface area (Å²) in [6.07, 6.45) is 8.35. The van der Waals surface area contributed by atoms with E-state index in [4.69, 9.17) is 46.1 Å². The molecule has 0 bridgehead atoms. The fraction of sp³-hybridized carbons (Fsp3) is 0.136. The Morgan fingerprint density at radius 1 is 0.537 bits per heavy atom. The van der Waals surface area contributed by atoms with E-state index >= 15 is 0 Å². The van der Waals surface area contributed by atoms with E-state index in [0.29, 0.717) is 41.6 Å². The molecule has 412 valence electrons. The van der Waals surface area contributed by atoms with Gasteiger partial charge in [0.2, 0.25) is 0 Å². The lowest BCUT2D eigenvalue weighted by molar-refractivity contribution is 0.274. The highest BCUT2D eigenvalue weighted by Gasteiger charge is 2.11. The maximum Gasteiger partial charge on any atom is 0.488 e. The second-order valence-electron chi connectivity index (χ2n) is 16.9. The Balaban J connectivity index is 0.000000173. The van der Waals surface area contributed by atoms with E-state index in [-0.39, 0.29) is 53.5 Å². The van der Waals surface area contributed by atoms with Crippen LogP contribution >= 0.6 is 27.5 Å². The Kier molecular flexibility index (Phi) is 23.3. The Labute approximate surface area is 470 Å². The minimum absolute atomic E-state index is 0.0175. The van der Waals surface area contributed by atoms with Crippen molar-refractivity contribution in [1.29, 1.82) is 0 Å². The average molecular weight is 1180 g/mol. The molecule has 5 heterocycles. The number of aliphatic hydroxyl groups excluding tert-OH is 2. The normalized spacial score (nSPS) is 10.4. The van der Waals surface area contributed by atoms with Crippen LogP contribution in [-0.4, -0.2) is 85.1 Å². The Morgan fingerprint density at radius 2 is 1.01 bits per heavy atom. The van der Waals surface area contributed by atoms with Crippen LogP contribution in [0.25, 0.3) is 44.1 Å². The molecule has 80 heavy (non-hydrogen) atoms. The highest BCUT2D eigenvalue weighted by Crippen LogP contribution is 2.28. The number of aromatic nitrogens is 5. The first kappa shape index (κ1) is 60.9. The van der Waals surface area contributed by atoms with Crippen LogP contribution < -0.4 is 36.4 Å². The molecule has 0 radical (unpaired) electrons. The topological polar surface area (TPSA) is 200 Å². The predicted molar refractivity (Wildman–Crippen MR) is 308 cm³/mol. The minimum atomic E-state index is -1.59. The molecule has 0 aliphatic rings. The quantitative estimate of drug-likeness (QED) is 0.0801. The van der Waals surface area contributed by atoms with E-state index in [9.17, 15) is 27.6 Å². The largest absolute Gasteiger partial charge is 0.497 e. The van der Waals surface area contributed by atoms with Crippen LogP contribution in [0, 0.1) is 17.5 Å². The van der Waals surface area contributed by atoms with E-state index in [1.165, 1.54) is 69.8 Å². The first-order valence-electron chi connectivity index (χ1n) is 24.4. The number of hydrogen-bond donors (Lipinski definition) is 4. The summed E-state index contributed by atoms with van der Waals surface area (Å²) in [4.78, 5) is 43.2. The van der Waals surface area contributed by atoms with E-state index in [1.54, 1.807) is 104 Å². The van der Waals surface area contributed by atoms with Crippen molar-refractivity contribution in [2.45, 2.75) is 19.6 Å². The molecule has 0 aliphatic heterocycles. The van der Waals surface area contributed by atoms with Crippen molar-refractivity contribution >= 4 is 61.9 Å². The van der Waals surface area contributed by atoms with Crippen LogP contribution in [0.2, 0.25) is 5.02 Å². The lowest BCUT2D eigenvalue weighted by Gasteiger charge is -2.12. The summed E-state index contributed by atoms with van der Waals surface area (Å²) in [5.74, 6) is 1.11. The van der Waals surface area contributed by atoms with E-state index in [1.807, 2.05) is 36.4 Å². The zero-order valence-electron chi connectivity index (χ0n) is 43.1. The van der Waals surface area contributed by atoms with Gasteiger partial charge in [0.15, 0.2) is 0 Å². The number of hydrogen-bond acceptors (Lipinski definition) is 12. The molecule has 0 saturated heterocycles. The maximum absolute atomic E-state index is 13.5. The zero-order valence-corrected chi connectivity index (χ0v) is 45.4. The Morgan fingerprint density at radius 3 is 1.51 bits per heavy atom. The molecule has 10 rings (SSSR count). The van der Waals surface area contributed by atoms with Crippen LogP contribution in [0.3, 0.4) is 0 Å². The van der Waals surface area contributed by atoms with Crippen LogP contribution in [0.4, 0.5) is 13.2 Å². The van der Waals surface area contributed by atoms with Crippen molar-refractivity contribution in [1.82, 2.24) is 23.7 Å². The van der Waals surface area contributed by atoms with Crippen LogP contribution in [0.1, 0.15) is 0 Å². The number of halogens is 5. The van der Waals surface area contributed by atoms with E-state index in [0.717, 1.165) is 55.0 Å². The molecule has 15 nitrogen and oxygen atoms in total. The first-order chi connectivity index (χ1) is 38.6. The second-order valence-corrected chi connectivity index (χ2v) is 18.2. The molecule has 0 spiro atoms. The summed E-state index contributed by atoms with van der Waals surface area (Å²) in [7, 11) is 1.65. The monoisotopic (exact) mass is 1170 g/mol. The van der Waals surface area contributed by atoms with Gasteiger partial charge in [-0.25, -0.2) is 13.2 Å². The van der Waals surface area contributed by atoms with Gasteiger partial charge in [0, 0.05) is 89.7 Å². The molecule has 0 saturated carbocycles. The second kappa shape index (κ2) is 30.7. The van der Waals surface area contributed by atoms with Gasteiger partial charge in [-0.05, 0) is 135 Å². The molecule has 0 amide bonds. The number of ether oxygens (including phenoxy) is 3. The van der Waals surface area contributed by atoms with Crippen molar-refractivity contribution in [3.05, 3.63) is 247 Å². The molecule has 5 aromatic heterocycles. The zero-order chi connectivity index (χ0) is 57.6. The van der Waals surface area contributed by atoms with Gasteiger partial charge in [-0.15, -0.1) is 0 Å². The van der Waals surface area contributed by atoms with Gasteiger partial charge in [0.1, 0.15) is 41.3 Å². The number of rotatable bonds is 13. The molecule has 21 heteroatoms. The van der Waals surface area contributed by atoms with Gasteiger partial charge in [-0.2, -0.15) is 0 Å². The highest BCUT2D eigenvalue weighted by molar-refractivity contribution is 9.10. The molecule has 4 N–H and O–H groups in total. The van der Waals surface area contributed by atoms with Crippen molar-refractivity contribution in [2.75, 3.05) is 34.0 Å². The van der Waals surface area contributed by atoms with Crippen molar-refractivity contribution in [3.8, 4) is 39.5 Å². The molecule has 10 aromatic rings. The van der Waals surface area contributed by atoms with E-state index in [2.05, 4.69) is 25.9 Å². The summed E-state index contributed by atoms with van der Waals surface area (Å²) < 4.78 is 60.3. The minimum Gasteiger partial charge on any atom is -0.497 e. The molecule has 0 aliphatic carbocycles. The molecule has 5 aromatic carbocycles. The number of aliphatic hydroxyl groups is 2. The van der Waals surface area contributed by atoms with Gasteiger partial charge in [-0.3, -0.25) is 24.4 Å². The standard InChI is InChI=1S/C23H19FN2O3.C13H12FNO2.C10H8ClNO.C7H8BrNO2.C6H6BFO2/c1-28-19-6-7-20-21(14-19)25-10-9-22(20)29-12-11-26-15-17(5-8-23(26)27)16-3-2-4-18(24)13-16;14-12-3-1-2-10(8-12)11-4-5-13(17)15(9-11)6-7-16;1-13-7-2-3-8-9(11)4-5-12-10(8)6-7;8-6-1-2-7(11)9(5-6)3-4-10;8-6-3-1-2-5(4-6)7(9)10/h2-10,13-15H,11-12H2,1H3;1-5,8-9,16H,6-7H2;2-6H,1H3;1-2,5,10H,3-4H2;1-4,9-10H. The maximum atomic E-state index is 13.5. The van der Waals surface area contributed by atoms with Gasteiger partial charge in [-0.1, -0.05) is 48.0 Å². The molecule has 0 unspecified atom stereocenters. The third kappa shape index (κ3) is 18.1. The summed E-state index contributed by atoms with van der Waals surface area (Å²) in [6.45, 7) is 1.13. The average Bonchev–Trinajstić information content (AvgIpc) is 3.46. The lowest BCUT2D eigenvalue weighted by atomic mass is 9.80. The summed E-state index contributed by atoms with van der Waals surface area (Å²) >= 11 is 9.20. The number of fused-ring (bicyclic) bond motifs is 2. The first-order valence-corrected chi connectivity index (χ1v) is 25.5. The number of nitrogens with zero attached hydrogens (tertiary/aromatic N) is 5. The van der Waals surface area contributed by atoms with Crippen molar-refractivity contribution in [2.24, 2.45) is 0 Å². The van der Waals surface area contributed by atoms with Gasteiger partial charge in [0.25, 0.3) is 16.7 Å². The summed E-state index contributed by atoms with van der Waals surface area (Å²) in [6, 6.07) is 41.8. The van der Waals surface area contributed by atoms with Gasteiger partial charge in [0.05, 0.1) is 50.0 Å². The Bertz CT molecular complexity index is 3830. The third-order valence-corrected chi connectivity index (χ3v) is 12.3. The smallest absolute Gasteiger partial charge is 0.488 e. The van der Waals surface area contributed by atoms with Crippen molar-refractivity contribution < 1.29 is 47.6 Å². The third-order valence-electron chi connectivity index (χ3n) is 11.5. The van der Waals surface area contributed by atoms with E-state index < -0.39 is 12.9 Å². The molecule has 0 fully saturated rings. The summed E-state index contributed by atoms with van der Waals surface area (Å²) in [5, 5.41) is 37.0. The SMILES string of the molecule is COc1ccc2c(Cl)ccnc2c1.COc1ccc2c(OCCn3cc(-c4cccc(F)c4)ccc3=O)ccnc2c1.O=c1ccc(-c2cccc(F)c2)cn1CCO.O=c1ccc(Br)cn1CCO.OB(O)c1cccc(F)c1. The summed E-state index contributed by atoms with van der Waals surface area (Å²) in [5.41, 5.74) is 4.31. The molecule has 0 atom stereocenters. The van der Waals surface area contributed by atoms with Crippen LogP contribution in [0.15, 0.2) is 208 Å². The Hall–Kier alpha value is -8.37. The highest BCUT2D eigenvalue weighted by atomic mass is 79.9. The van der Waals surface area contributed by atoms with Gasteiger partial charge >= 0.3 is 7.12 Å². The predicted octanol–water partition coefficient (Wildman–Crippen LogP) is 8.94. The van der Waals surface area contributed by atoms with Gasteiger partial charge < -0.3 is 48.2 Å². The number of methoxy groups -OCH3 is 2. The molecular weight excluding hydrogens is 1120 g/mol. The molecular formula is C59H53BBrClF3N5O10. The van der Waals surface area contributed by atoms with Crippen LogP contribution in [0.5, 0.6) is 17.2 Å². The number of benzene rings is 5. The number of pyridine rings is 5. The fourth-order valence-corrected chi connectivity index (χ4v) is 8.07. The fourth-order valence-electron chi connectivity index (χ4n) is 7.48. The van der Waals surface area contributed by atoms with Crippen molar-refractivity contribution in [3.63, 3.8) is 0 Å². The lowest BCUT2D eigenvalue weighted by Crippen LogP contribution is -2.29.